The number of nitrogens with zero attached hydrogens (tertiary/aromatic N) is 5. The summed E-state index contributed by atoms with van der Waals surface area (Å²) in [6.07, 6.45) is 0.221. The molecule has 9 nitrogen and oxygen atoms in total. The third-order valence-electron chi connectivity index (χ3n) is 6.19. The van der Waals surface area contributed by atoms with Gasteiger partial charge in [-0.3, -0.25) is 9.79 Å². The number of amides is 1. The predicted octanol–water partition coefficient (Wildman–Crippen LogP) is 5.30. The van der Waals surface area contributed by atoms with E-state index >= 15 is 0 Å². The van der Waals surface area contributed by atoms with Crippen molar-refractivity contribution in [2.45, 2.75) is 26.2 Å². The summed E-state index contributed by atoms with van der Waals surface area (Å²) in [5.74, 6) is -0.878. The molecule has 0 atom stereocenters. The lowest BCUT2D eigenvalue weighted by Gasteiger charge is -2.14. The second-order valence-corrected chi connectivity index (χ2v) is 11.8. The van der Waals surface area contributed by atoms with Crippen LogP contribution in [0, 0.1) is 0 Å². The normalized spacial score (nSPS) is 11.6. The minimum absolute atomic E-state index is 0.0380. The topological polar surface area (TPSA) is 110 Å². The van der Waals surface area contributed by atoms with E-state index < -0.39 is 15.9 Å². The number of halogens is 1. The molecule has 0 bridgehead atoms. The Balaban J connectivity index is 2.00. The fourth-order valence-corrected chi connectivity index (χ4v) is 5.51. The van der Waals surface area contributed by atoms with E-state index in [4.69, 9.17) is 16.7 Å². The highest BCUT2D eigenvalue weighted by Crippen LogP contribution is 2.36. The highest BCUT2D eigenvalue weighted by molar-refractivity contribution is 7.90. The first-order valence-electron chi connectivity index (χ1n) is 12.4. The summed E-state index contributed by atoms with van der Waals surface area (Å²) in [6.45, 7) is 7.66. The molecule has 204 valence electrons. The molecule has 11 heteroatoms. The number of carbonyl (C=O) groups excluding carboxylic acids is 1. The molecular formula is C28H31ClN6O3S. The van der Waals surface area contributed by atoms with Gasteiger partial charge in [0.1, 0.15) is 5.69 Å². The average Bonchev–Trinajstić information content (AvgIpc) is 3.31. The standard InChI is InChI=1S/C28H31ClN6O3S/c1-18(2)26-25-23(19-10-12-20(30-3)13-11-19)17-24(28(36)33-39(37,38)15-7-14-29)31-27(25)35(32-26)22-9-6-8-21(16-22)34(4)5/h6,8-13,16-18H,3,7,14-15H2,1-2,4-5H3,(H,33,36). The molecule has 0 saturated carbocycles. The lowest BCUT2D eigenvalue weighted by atomic mass is 9.97. The van der Waals surface area contributed by atoms with E-state index in [0.717, 1.165) is 28.0 Å². The maximum absolute atomic E-state index is 13.2. The second-order valence-electron chi connectivity index (χ2n) is 9.62. The molecule has 0 aliphatic heterocycles. The Morgan fingerprint density at radius 3 is 2.49 bits per heavy atom. The van der Waals surface area contributed by atoms with Gasteiger partial charge in [-0.25, -0.2) is 22.8 Å². The maximum Gasteiger partial charge on any atom is 0.283 e. The van der Waals surface area contributed by atoms with Crippen molar-refractivity contribution in [3.8, 4) is 16.8 Å². The molecule has 2 aromatic heterocycles. The Morgan fingerprint density at radius 2 is 1.87 bits per heavy atom. The van der Waals surface area contributed by atoms with E-state index in [1.54, 1.807) is 10.7 Å². The molecule has 0 aliphatic rings. The Kier molecular flexibility index (Phi) is 8.36. The van der Waals surface area contributed by atoms with Crippen molar-refractivity contribution >= 4 is 56.7 Å². The first kappa shape index (κ1) is 28.3. The van der Waals surface area contributed by atoms with Crippen LogP contribution in [0.1, 0.15) is 42.4 Å². The van der Waals surface area contributed by atoms with Crippen molar-refractivity contribution < 1.29 is 13.2 Å². The third-order valence-corrected chi connectivity index (χ3v) is 7.78. The predicted molar refractivity (Wildman–Crippen MR) is 159 cm³/mol. The molecule has 0 fully saturated rings. The minimum Gasteiger partial charge on any atom is -0.378 e. The summed E-state index contributed by atoms with van der Waals surface area (Å²) in [7, 11) is 0.0112. The zero-order chi connectivity index (χ0) is 28.3. The van der Waals surface area contributed by atoms with Crippen LogP contribution in [0.5, 0.6) is 0 Å². The average molecular weight is 567 g/mol. The van der Waals surface area contributed by atoms with Crippen molar-refractivity contribution in [2.75, 3.05) is 30.6 Å². The number of aliphatic imine (C=N–C) groups is 1. The summed E-state index contributed by atoms with van der Waals surface area (Å²) >= 11 is 5.66. The van der Waals surface area contributed by atoms with Gasteiger partial charge in [-0.05, 0) is 66.6 Å². The summed E-state index contributed by atoms with van der Waals surface area (Å²) in [6, 6.07) is 16.8. The highest BCUT2D eigenvalue weighted by atomic mass is 35.5. The van der Waals surface area contributed by atoms with Gasteiger partial charge in [-0.1, -0.05) is 32.0 Å². The van der Waals surface area contributed by atoms with Crippen LogP contribution in [0.15, 0.2) is 59.6 Å². The van der Waals surface area contributed by atoms with Crippen molar-refractivity contribution in [1.29, 1.82) is 0 Å². The Hall–Kier alpha value is -3.76. The molecule has 0 unspecified atom stereocenters. The zero-order valence-electron chi connectivity index (χ0n) is 22.3. The van der Waals surface area contributed by atoms with Gasteiger partial charge in [0.05, 0.1) is 28.2 Å². The molecule has 0 saturated heterocycles. The lowest BCUT2D eigenvalue weighted by molar-refractivity contribution is 0.0977. The number of hydrogen-bond donors (Lipinski definition) is 1. The molecule has 2 heterocycles. The van der Waals surface area contributed by atoms with Crippen LogP contribution in [-0.4, -0.2) is 61.5 Å². The van der Waals surface area contributed by atoms with Crippen LogP contribution < -0.4 is 9.62 Å². The van der Waals surface area contributed by atoms with Crippen LogP contribution in [0.25, 0.3) is 27.8 Å². The van der Waals surface area contributed by atoms with Crippen LogP contribution in [0.4, 0.5) is 11.4 Å². The van der Waals surface area contributed by atoms with Crippen molar-refractivity contribution in [2.24, 2.45) is 4.99 Å². The van der Waals surface area contributed by atoms with Gasteiger partial charge in [0.25, 0.3) is 5.91 Å². The third kappa shape index (κ3) is 6.12. The molecule has 1 N–H and O–H groups in total. The van der Waals surface area contributed by atoms with Crippen molar-refractivity contribution in [3.63, 3.8) is 0 Å². The molecule has 4 aromatic rings. The number of anilines is 1. The van der Waals surface area contributed by atoms with E-state index in [0.29, 0.717) is 16.9 Å². The Bertz CT molecular complexity index is 1630. The van der Waals surface area contributed by atoms with Gasteiger partial charge in [-0.15, -0.1) is 11.6 Å². The molecule has 0 aliphatic carbocycles. The SMILES string of the molecule is C=Nc1ccc(-c2cc(C(=O)NS(=O)(=O)CCCCl)nc3c2c(C(C)C)nn3-c2cccc(N(C)C)c2)cc1. The van der Waals surface area contributed by atoms with Crippen LogP contribution in [0.3, 0.4) is 0 Å². The molecule has 1 amide bonds. The Labute approximate surface area is 233 Å². The van der Waals surface area contributed by atoms with Gasteiger partial charge in [0, 0.05) is 25.7 Å². The van der Waals surface area contributed by atoms with Gasteiger partial charge in [0.2, 0.25) is 10.0 Å². The van der Waals surface area contributed by atoms with E-state index in [2.05, 4.69) is 21.4 Å². The number of nitrogens with one attached hydrogen (secondary N) is 1. The largest absolute Gasteiger partial charge is 0.378 e. The van der Waals surface area contributed by atoms with E-state index in [9.17, 15) is 13.2 Å². The molecule has 2 aromatic carbocycles. The van der Waals surface area contributed by atoms with E-state index in [-0.39, 0.29) is 29.7 Å². The smallest absolute Gasteiger partial charge is 0.283 e. The second kappa shape index (κ2) is 11.5. The van der Waals surface area contributed by atoms with Crippen LogP contribution in [0.2, 0.25) is 0 Å². The number of hydrogen-bond acceptors (Lipinski definition) is 7. The number of pyridine rings is 1. The maximum atomic E-state index is 13.2. The first-order chi connectivity index (χ1) is 18.5. The first-order valence-corrected chi connectivity index (χ1v) is 14.6. The zero-order valence-corrected chi connectivity index (χ0v) is 23.9. The quantitative estimate of drug-likeness (QED) is 0.206. The highest BCUT2D eigenvalue weighted by Gasteiger charge is 2.25. The molecular weight excluding hydrogens is 536 g/mol. The lowest BCUT2D eigenvalue weighted by Crippen LogP contribution is -2.33. The van der Waals surface area contributed by atoms with Crippen molar-refractivity contribution in [1.82, 2.24) is 19.5 Å². The van der Waals surface area contributed by atoms with Crippen LogP contribution in [-0.2, 0) is 10.0 Å². The Morgan fingerprint density at radius 1 is 1.15 bits per heavy atom. The number of carbonyl (C=O) groups is 1. The monoisotopic (exact) mass is 566 g/mol. The van der Waals surface area contributed by atoms with Gasteiger partial charge < -0.3 is 4.90 Å². The molecule has 4 rings (SSSR count). The number of benzene rings is 2. The summed E-state index contributed by atoms with van der Waals surface area (Å²) in [5.41, 5.74) is 5.14. The summed E-state index contributed by atoms with van der Waals surface area (Å²) in [4.78, 5) is 23.9. The number of alkyl halides is 1. The number of fused-ring (bicyclic) bond motifs is 1. The fourth-order valence-electron chi connectivity index (χ4n) is 4.21. The minimum atomic E-state index is -3.89. The van der Waals surface area contributed by atoms with Crippen molar-refractivity contribution in [3.05, 3.63) is 66.0 Å². The van der Waals surface area contributed by atoms with E-state index in [1.807, 2.05) is 81.4 Å². The summed E-state index contributed by atoms with van der Waals surface area (Å²) < 4.78 is 28.8. The molecule has 0 radical (unpaired) electrons. The molecule has 39 heavy (non-hydrogen) atoms. The number of aromatic nitrogens is 3. The fraction of sp³-hybridized carbons (Fsp3) is 0.286. The van der Waals surface area contributed by atoms with Crippen LogP contribution >= 0.6 is 11.6 Å². The molecule has 0 spiro atoms. The van der Waals surface area contributed by atoms with Gasteiger partial charge in [-0.2, -0.15) is 5.10 Å². The summed E-state index contributed by atoms with van der Waals surface area (Å²) in [5, 5.41) is 5.72. The van der Waals surface area contributed by atoms with E-state index in [1.165, 1.54) is 0 Å². The van der Waals surface area contributed by atoms with Gasteiger partial charge in [0.15, 0.2) is 5.65 Å². The number of sulfonamides is 1. The number of rotatable bonds is 10. The van der Waals surface area contributed by atoms with Gasteiger partial charge >= 0.3 is 0 Å².